The Balaban J connectivity index is 2.09. The minimum absolute atomic E-state index is 0.00700. The topological polar surface area (TPSA) is 49.8 Å². The molecule has 2 aliphatic heterocycles. The van der Waals surface area contributed by atoms with Crippen LogP contribution in [0.1, 0.15) is 33.6 Å². The van der Waals surface area contributed by atoms with Crippen molar-refractivity contribution in [2.75, 3.05) is 13.2 Å². The Morgan fingerprint density at radius 1 is 1.35 bits per heavy atom. The van der Waals surface area contributed by atoms with Gasteiger partial charge in [0.1, 0.15) is 0 Å². The molecule has 5 atom stereocenters. The quantitative estimate of drug-likeness (QED) is 0.785. The molecule has 98 valence electrons. The van der Waals surface area contributed by atoms with E-state index < -0.39 is 0 Å². The Hall–Kier alpha value is -0.610. The molecule has 4 heteroatoms. The molecule has 0 aromatic heterocycles. The fourth-order valence-corrected chi connectivity index (χ4v) is 3.20. The number of carbonyl (C=O) groups excluding carboxylic acids is 1. The van der Waals surface area contributed by atoms with E-state index in [4.69, 9.17) is 4.74 Å². The van der Waals surface area contributed by atoms with Crippen molar-refractivity contribution in [1.29, 1.82) is 0 Å². The van der Waals surface area contributed by atoms with Gasteiger partial charge in [0.25, 0.3) is 0 Å². The van der Waals surface area contributed by atoms with E-state index in [1.807, 2.05) is 18.7 Å². The summed E-state index contributed by atoms with van der Waals surface area (Å²) in [6.45, 7) is 6.96. The lowest BCUT2D eigenvalue weighted by Crippen LogP contribution is -2.44. The lowest BCUT2D eigenvalue weighted by molar-refractivity contribution is -0.139. The van der Waals surface area contributed by atoms with Gasteiger partial charge in [-0.05, 0) is 32.6 Å². The highest BCUT2D eigenvalue weighted by molar-refractivity contribution is 5.80. The molecule has 0 aliphatic carbocycles. The lowest BCUT2D eigenvalue weighted by atomic mass is 9.88. The van der Waals surface area contributed by atoms with Gasteiger partial charge in [-0.2, -0.15) is 0 Å². The van der Waals surface area contributed by atoms with Crippen LogP contribution in [0.5, 0.6) is 0 Å². The minimum atomic E-state index is -0.0443. The number of amides is 1. The van der Waals surface area contributed by atoms with Gasteiger partial charge in [0.05, 0.1) is 30.8 Å². The number of aliphatic hydroxyl groups is 1. The van der Waals surface area contributed by atoms with Crippen LogP contribution in [0.15, 0.2) is 0 Å². The van der Waals surface area contributed by atoms with Gasteiger partial charge in [0, 0.05) is 6.54 Å². The Kier molecular flexibility index (Phi) is 3.73. The van der Waals surface area contributed by atoms with Crippen LogP contribution in [0.2, 0.25) is 0 Å². The molecule has 0 aromatic rings. The van der Waals surface area contributed by atoms with E-state index in [0.717, 1.165) is 19.4 Å². The normalized spacial score (nSPS) is 42.1. The predicted molar refractivity (Wildman–Crippen MR) is 64.5 cm³/mol. The van der Waals surface area contributed by atoms with Gasteiger partial charge in [-0.3, -0.25) is 4.79 Å². The van der Waals surface area contributed by atoms with Crippen LogP contribution in [-0.4, -0.2) is 47.3 Å². The number of rotatable bonds is 2. The largest absolute Gasteiger partial charge is 0.394 e. The number of ether oxygens (including phenoxy) is 1. The number of nitrogens with zero attached hydrogens (tertiary/aromatic N) is 1. The molecule has 0 aromatic carbocycles. The molecule has 1 N–H and O–H groups in total. The Morgan fingerprint density at radius 3 is 2.59 bits per heavy atom. The summed E-state index contributed by atoms with van der Waals surface area (Å²) in [6.07, 6.45) is 2.07. The second-order valence-electron chi connectivity index (χ2n) is 5.44. The van der Waals surface area contributed by atoms with Crippen LogP contribution in [0, 0.1) is 11.8 Å². The van der Waals surface area contributed by atoms with Gasteiger partial charge in [-0.15, -0.1) is 0 Å². The highest BCUT2D eigenvalue weighted by Crippen LogP contribution is 2.35. The minimum Gasteiger partial charge on any atom is -0.394 e. The maximum Gasteiger partial charge on any atom is 0.228 e. The maximum atomic E-state index is 12.5. The van der Waals surface area contributed by atoms with Crippen molar-refractivity contribution in [3.05, 3.63) is 0 Å². The lowest BCUT2D eigenvalue weighted by Gasteiger charge is -2.28. The predicted octanol–water partition coefficient (Wildman–Crippen LogP) is 1.03. The second kappa shape index (κ2) is 4.94. The molecule has 0 spiro atoms. The van der Waals surface area contributed by atoms with Crippen LogP contribution >= 0.6 is 0 Å². The van der Waals surface area contributed by atoms with Crippen molar-refractivity contribution in [2.24, 2.45) is 11.8 Å². The van der Waals surface area contributed by atoms with Crippen LogP contribution in [0.4, 0.5) is 0 Å². The molecular formula is C13H23NO3. The van der Waals surface area contributed by atoms with Gasteiger partial charge in [-0.25, -0.2) is 0 Å². The first-order chi connectivity index (χ1) is 8.06. The summed E-state index contributed by atoms with van der Waals surface area (Å²) in [5.41, 5.74) is 0. The van der Waals surface area contributed by atoms with E-state index >= 15 is 0 Å². The molecule has 2 heterocycles. The van der Waals surface area contributed by atoms with Crippen molar-refractivity contribution < 1.29 is 14.6 Å². The third-order valence-corrected chi connectivity index (χ3v) is 4.40. The van der Waals surface area contributed by atoms with Gasteiger partial charge < -0.3 is 14.7 Å². The summed E-state index contributed by atoms with van der Waals surface area (Å²) < 4.78 is 5.73. The number of hydrogen-bond acceptors (Lipinski definition) is 3. The zero-order valence-corrected chi connectivity index (χ0v) is 10.9. The molecule has 17 heavy (non-hydrogen) atoms. The van der Waals surface area contributed by atoms with Crippen molar-refractivity contribution in [2.45, 2.75) is 51.9 Å². The van der Waals surface area contributed by atoms with Gasteiger partial charge in [0.15, 0.2) is 0 Å². The highest BCUT2D eigenvalue weighted by Gasteiger charge is 2.45. The van der Waals surface area contributed by atoms with Gasteiger partial charge in [-0.1, -0.05) is 6.92 Å². The first-order valence-electron chi connectivity index (χ1n) is 6.63. The van der Waals surface area contributed by atoms with Crippen LogP contribution in [-0.2, 0) is 9.53 Å². The van der Waals surface area contributed by atoms with Crippen LogP contribution < -0.4 is 0 Å². The van der Waals surface area contributed by atoms with E-state index in [1.165, 1.54) is 0 Å². The molecule has 2 fully saturated rings. The van der Waals surface area contributed by atoms with Crippen molar-refractivity contribution in [3.63, 3.8) is 0 Å². The van der Waals surface area contributed by atoms with E-state index in [2.05, 4.69) is 6.92 Å². The average Bonchev–Trinajstić information content (AvgIpc) is 2.84. The SMILES string of the molecule is CC1OC(C)C(C(=O)N2CCC[C@@H]2CO)C1C. The second-order valence-corrected chi connectivity index (χ2v) is 5.44. The molecule has 0 radical (unpaired) electrons. The first-order valence-corrected chi connectivity index (χ1v) is 6.63. The molecule has 2 saturated heterocycles. The van der Waals surface area contributed by atoms with E-state index in [1.54, 1.807) is 0 Å². The molecule has 0 saturated carbocycles. The summed E-state index contributed by atoms with van der Waals surface area (Å²) >= 11 is 0. The highest BCUT2D eigenvalue weighted by atomic mass is 16.5. The maximum absolute atomic E-state index is 12.5. The van der Waals surface area contributed by atoms with Crippen molar-refractivity contribution in [1.82, 2.24) is 4.90 Å². The number of carbonyl (C=O) groups is 1. The van der Waals surface area contributed by atoms with Crippen LogP contribution in [0.3, 0.4) is 0 Å². The monoisotopic (exact) mass is 241 g/mol. The molecule has 0 bridgehead atoms. The third kappa shape index (κ3) is 2.20. The first kappa shape index (κ1) is 12.8. The summed E-state index contributed by atoms with van der Waals surface area (Å²) in [7, 11) is 0. The van der Waals surface area contributed by atoms with Crippen molar-refractivity contribution >= 4 is 5.91 Å². The van der Waals surface area contributed by atoms with E-state index in [9.17, 15) is 9.90 Å². The van der Waals surface area contributed by atoms with E-state index in [-0.39, 0.29) is 42.6 Å². The number of aliphatic hydroxyl groups excluding tert-OH is 1. The standard InChI is InChI=1S/C13H23NO3/c1-8-9(2)17-10(3)12(8)13(16)14-6-4-5-11(14)7-15/h8-12,15H,4-7H2,1-3H3/t8?,9?,10?,11-,12?/m1/s1. The summed E-state index contributed by atoms with van der Waals surface area (Å²) in [6, 6.07) is 0.0257. The third-order valence-electron chi connectivity index (χ3n) is 4.40. The fourth-order valence-electron chi connectivity index (χ4n) is 3.20. The van der Waals surface area contributed by atoms with Gasteiger partial charge in [0.2, 0.25) is 5.91 Å². The van der Waals surface area contributed by atoms with E-state index in [0.29, 0.717) is 0 Å². The Morgan fingerprint density at radius 2 is 2.06 bits per heavy atom. The smallest absolute Gasteiger partial charge is 0.228 e. The molecule has 4 nitrogen and oxygen atoms in total. The van der Waals surface area contributed by atoms with Gasteiger partial charge >= 0.3 is 0 Å². The molecular weight excluding hydrogens is 218 g/mol. The zero-order valence-electron chi connectivity index (χ0n) is 10.9. The average molecular weight is 241 g/mol. The fraction of sp³-hybridized carbons (Fsp3) is 0.923. The summed E-state index contributed by atoms with van der Waals surface area (Å²) in [4.78, 5) is 14.4. The molecule has 4 unspecified atom stereocenters. The Bertz CT molecular complexity index is 294. The number of likely N-dealkylation sites (tertiary alicyclic amines) is 1. The Labute approximate surface area is 103 Å². The van der Waals surface area contributed by atoms with Crippen molar-refractivity contribution in [3.8, 4) is 0 Å². The molecule has 2 aliphatic rings. The number of hydrogen-bond donors (Lipinski definition) is 1. The summed E-state index contributed by atoms with van der Waals surface area (Å²) in [5.74, 6) is 0.389. The van der Waals surface area contributed by atoms with Crippen LogP contribution in [0.25, 0.3) is 0 Å². The molecule has 1 amide bonds. The molecule has 2 rings (SSSR count). The summed E-state index contributed by atoms with van der Waals surface area (Å²) in [5, 5.41) is 9.29. The zero-order chi connectivity index (χ0) is 12.6.